The van der Waals surface area contributed by atoms with Crippen LogP contribution in [0, 0.1) is 5.82 Å². The van der Waals surface area contributed by atoms with Crippen molar-refractivity contribution in [1.29, 1.82) is 0 Å². The summed E-state index contributed by atoms with van der Waals surface area (Å²) in [5.74, 6) is -1.86. The number of benzene rings is 2. The van der Waals surface area contributed by atoms with Gasteiger partial charge < -0.3 is 4.90 Å². The van der Waals surface area contributed by atoms with E-state index in [1.807, 2.05) is 0 Å². The molecule has 5 rings (SSSR count). The summed E-state index contributed by atoms with van der Waals surface area (Å²) in [5.41, 5.74) is -1.83. The zero-order valence-electron chi connectivity index (χ0n) is 21.5. The molecule has 3 amide bonds. The fraction of sp³-hybridized carbons (Fsp3) is 0.385. The van der Waals surface area contributed by atoms with E-state index in [0.717, 1.165) is 43.2 Å². The van der Waals surface area contributed by atoms with E-state index < -0.39 is 33.6 Å². The van der Waals surface area contributed by atoms with E-state index in [0.29, 0.717) is 33.5 Å². The minimum absolute atomic E-state index is 0.0156. The number of carbonyl (C=O) groups excluding carboxylic acids is 2. The second kappa shape index (κ2) is 10.1. The van der Waals surface area contributed by atoms with E-state index in [2.05, 4.69) is 15.1 Å². The fourth-order valence-corrected chi connectivity index (χ4v) is 5.95. The quantitative estimate of drug-likeness (QED) is 0.329. The van der Waals surface area contributed by atoms with E-state index >= 15 is 4.39 Å². The lowest BCUT2D eigenvalue weighted by Gasteiger charge is -2.31. The Hall–Kier alpha value is -3.68. The average molecular weight is 558 g/mol. The number of hydrogen-bond acceptors (Lipinski definition) is 8. The number of carbonyl (C=O) groups is 2. The van der Waals surface area contributed by atoms with Gasteiger partial charge in [-0.25, -0.2) is 23.4 Å². The summed E-state index contributed by atoms with van der Waals surface area (Å²) in [6.07, 6.45) is 2.97. The number of aromatic nitrogens is 2. The van der Waals surface area contributed by atoms with Gasteiger partial charge in [-0.2, -0.15) is 13.5 Å². The van der Waals surface area contributed by atoms with Crippen molar-refractivity contribution in [3.63, 3.8) is 0 Å². The Morgan fingerprint density at radius 2 is 1.74 bits per heavy atom. The number of nitrogens with zero attached hydrogens (tertiary/aromatic N) is 4. The van der Waals surface area contributed by atoms with Crippen molar-refractivity contribution >= 4 is 38.5 Å². The molecule has 1 aromatic heterocycles. The summed E-state index contributed by atoms with van der Waals surface area (Å²) >= 11 is 0. The third-order valence-electron chi connectivity index (χ3n) is 7.09. The Bertz CT molecular complexity index is 1620. The molecule has 2 aliphatic heterocycles. The van der Waals surface area contributed by atoms with Gasteiger partial charge in [0.2, 0.25) is 5.72 Å². The van der Waals surface area contributed by atoms with Crippen LogP contribution in [0.25, 0.3) is 10.8 Å². The molecule has 0 spiro atoms. The maximum atomic E-state index is 15.2. The zero-order valence-corrected chi connectivity index (χ0v) is 22.3. The van der Waals surface area contributed by atoms with Crippen LogP contribution in [0.5, 0.6) is 0 Å². The summed E-state index contributed by atoms with van der Waals surface area (Å²) in [7, 11) is -4.17. The van der Waals surface area contributed by atoms with Crippen molar-refractivity contribution in [2.24, 2.45) is 0 Å². The van der Waals surface area contributed by atoms with Gasteiger partial charge in [0.1, 0.15) is 5.82 Å². The van der Waals surface area contributed by atoms with Crippen LogP contribution in [0.4, 0.5) is 14.9 Å². The van der Waals surface area contributed by atoms with Gasteiger partial charge in [-0.05, 0) is 56.6 Å². The van der Waals surface area contributed by atoms with Crippen molar-refractivity contribution in [3.05, 3.63) is 69.9 Å². The lowest BCUT2D eigenvalue weighted by Crippen LogP contribution is -2.52. The van der Waals surface area contributed by atoms with Crippen LogP contribution in [0.2, 0.25) is 0 Å². The van der Waals surface area contributed by atoms with Gasteiger partial charge >= 0.3 is 6.03 Å². The number of imide groups is 1. The van der Waals surface area contributed by atoms with Crippen LogP contribution in [0.1, 0.15) is 31.0 Å². The molecule has 0 bridgehead atoms. The van der Waals surface area contributed by atoms with E-state index in [1.165, 1.54) is 19.1 Å². The summed E-state index contributed by atoms with van der Waals surface area (Å²) in [6.45, 7) is 3.28. The van der Waals surface area contributed by atoms with Gasteiger partial charge in [0.05, 0.1) is 23.0 Å². The molecule has 3 heterocycles. The molecular formula is C26H28FN5O6S. The molecule has 0 aliphatic carbocycles. The predicted molar refractivity (Wildman–Crippen MR) is 141 cm³/mol. The van der Waals surface area contributed by atoms with Crippen LogP contribution < -0.4 is 10.5 Å². The molecule has 1 unspecified atom stereocenters. The molecule has 206 valence electrons. The largest absolute Gasteiger partial charge is 0.334 e. The number of likely N-dealkylation sites (tertiary alicyclic amines) is 1. The van der Waals surface area contributed by atoms with E-state index in [-0.39, 0.29) is 24.2 Å². The molecule has 2 aromatic carbocycles. The van der Waals surface area contributed by atoms with E-state index in [9.17, 15) is 22.8 Å². The lowest BCUT2D eigenvalue weighted by atomic mass is 10.0. The molecule has 2 fully saturated rings. The average Bonchev–Trinajstić information content (AvgIpc) is 3.45. The van der Waals surface area contributed by atoms with Crippen LogP contribution in [-0.4, -0.2) is 78.5 Å². The first-order valence-corrected chi connectivity index (χ1v) is 14.3. The first-order valence-electron chi connectivity index (χ1n) is 12.5. The third-order valence-corrected chi connectivity index (χ3v) is 7.71. The van der Waals surface area contributed by atoms with Crippen molar-refractivity contribution in [1.82, 2.24) is 20.0 Å². The molecule has 2 aliphatic rings. The normalized spacial score (nSPS) is 20.5. The Balaban J connectivity index is 1.50. The van der Waals surface area contributed by atoms with Gasteiger partial charge in [-0.1, -0.05) is 24.3 Å². The van der Waals surface area contributed by atoms with Gasteiger partial charge in [0.25, 0.3) is 21.6 Å². The number of hydrogen-bond donors (Lipinski definition) is 1. The van der Waals surface area contributed by atoms with Crippen LogP contribution in [-0.2, 0) is 25.5 Å². The minimum Gasteiger partial charge on any atom is -0.302 e. The number of rotatable bonds is 8. The monoisotopic (exact) mass is 557 g/mol. The number of anilines is 1. The Morgan fingerprint density at radius 3 is 2.44 bits per heavy atom. The molecule has 2 saturated heterocycles. The molecule has 3 aromatic rings. The molecule has 11 nitrogen and oxygen atoms in total. The summed E-state index contributed by atoms with van der Waals surface area (Å²) in [6, 6.07) is 9.99. The number of H-pyrrole nitrogens is 1. The summed E-state index contributed by atoms with van der Waals surface area (Å²) in [5, 5.41) is 7.65. The highest BCUT2D eigenvalue weighted by molar-refractivity contribution is 7.86. The van der Waals surface area contributed by atoms with Crippen LogP contribution in [0.3, 0.4) is 0 Å². The summed E-state index contributed by atoms with van der Waals surface area (Å²) in [4.78, 5) is 43.1. The predicted octanol–water partition coefficient (Wildman–Crippen LogP) is 2.21. The Kier molecular flexibility index (Phi) is 6.99. The number of fused-ring (bicyclic) bond motifs is 1. The molecule has 0 saturated carbocycles. The van der Waals surface area contributed by atoms with Crippen molar-refractivity contribution in [3.8, 4) is 0 Å². The highest BCUT2D eigenvalue weighted by Crippen LogP contribution is 2.36. The SMILES string of the molecule is CC1(OS(C)(=O)=O)C(=O)N(c2cc(Cc3n[nH]c(=O)c4ccccc34)ccc2F)C(=O)N1CCN1CCCC1. The van der Waals surface area contributed by atoms with Gasteiger partial charge in [0.15, 0.2) is 0 Å². The Morgan fingerprint density at radius 1 is 1.05 bits per heavy atom. The molecule has 1 N–H and O–H groups in total. The van der Waals surface area contributed by atoms with Gasteiger partial charge in [0, 0.05) is 24.9 Å². The second-order valence-corrected chi connectivity index (χ2v) is 11.5. The molecule has 39 heavy (non-hydrogen) atoms. The standard InChI is InChI=1S/C26H28FN5O6S/c1-26(38-39(2,36)37)24(34)32(25(35)31(26)14-13-30-11-5-6-12-30)22-16-17(9-10-20(22)27)15-21-18-7-3-4-8-19(18)23(33)29-28-21/h3-4,7-10,16H,5-6,11-15H2,1-2H3,(H,29,33). The number of urea groups is 1. The molecular weight excluding hydrogens is 529 g/mol. The first-order chi connectivity index (χ1) is 18.5. The topological polar surface area (TPSA) is 133 Å². The third kappa shape index (κ3) is 5.16. The lowest BCUT2D eigenvalue weighted by molar-refractivity contribution is -0.138. The van der Waals surface area contributed by atoms with E-state index in [1.54, 1.807) is 24.3 Å². The maximum absolute atomic E-state index is 15.2. The van der Waals surface area contributed by atoms with Crippen molar-refractivity contribution in [2.75, 3.05) is 37.3 Å². The van der Waals surface area contributed by atoms with Crippen molar-refractivity contribution < 1.29 is 26.6 Å². The smallest absolute Gasteiger partial charge is 0.302 e. The Labute approximate surface area is 224 Å². The molecule has 0 radical (unpaired) electrons. The van der Waals surface area contributed by atoms with Crippen LogP contribution in [0.15, 0.2) is 47.3 Å². The van der Waals surface area contributed by atoms with Crippen molar-refractivity contribution in [2.45, 2.75) is 31.9 Å². The second-order valence-electron chi connectivity index (χ2n) is 9.90. The maximum Gasteiger partial charge on any atom is 0.334 e. The highest BCUT2D eigenvalue weighted by Gasteiger charge is 2.58. The van der Waals surface area contributed by atoms with E-state index in [4.69, 9.17) is 4.18 Å². The van der Waals surface area contributed by atoms with Crippen LogP contribution >= 0.6 is 0 Å². The number of amides is 3. The number of nitrogens with one attached hydrogen (secondary N) is 1. The highest BCUT2D eigenvalue weighted by atomic mass is 32.2. The number of aromatic amines is 1. The number of halogens is 1. The minimum atomic E-state index is -4.17. The zero-order chi connectivity index (χ0) is 27.9. The first kappa shape index (κ1) is 26.9. The summed E-state index contributed by atoms with van der Waals surface area (Å²) < 4.78 is 44.5. The fourth-order valence-electron chi connectivity index (χ4n) is 5.20. The van der Waals surface area contributed by atoms with Gasteiger partial charge in [-0.15, -0.1) is 0 Å². The van der Waals surface area contributed by atoms with Gasteiger partial charge in [-0.3, -0.25) is 14.5 Å². The molecule has 13 heteroatoms. The molecule has 1 atom stereocenters.